The Kier molecular flexibility index (Phi) is 5.07. The Hall–Kier alpha value is -1.75. The first-order valence-electron chi connectivity index (χ1n) is 6.93. The van der Waals surface area contributed by atoms with Gasteiger partial charge in [-0.1, -0.05) is 12.1 Å². The normalized spacial score (nSPS) is 15.0. The number of carbonyl (C=O) groups excluding carboxylic acids is 2. The number of halogens is 1. The molecule has 0 atom stereocenters. The second-order valence-electron chi connectivity index (χ2n) is 5.29. The first-order valence-corrected chi connectivity index (χ1v) is 7.47. The molecule has 3 amide bonds. The molecule has 1 heterocycles. The van der Waals surface area contributed by atoms with E-state index in [4.69, 9.17) is 11.6 Å². The van der Waals surface area contributed by atoms with Gasteiger partial charge in [-0.2, -0.15) is 0 Å². The van der Waals surface area contributed by atoms with Gasteiger partial charge in [-0.3, -0.25) is 4.79 Å². The van der Waals surface area contributed by atoms with Gasteiger partial charge in [-0.05, 0) is 17.7 Å². The van der Waals surface area contributed by atoms with Gasteiger partial charge in [0.1, 0.15) is 0 Å². The summed E-state index contributed by atoms with van der Waals surface area (Å²) in [6.45, 7) is 2.25. The van der Waals surface area contributed by atoms with Crippen LogP contribution in [-0.4, -0.2) is 66.9 Å². The van der Waals surface area contributed by atoms with Crippen LogP contribution in [0, 0.1) is 0 Å². The van der Waals surface area contributed by atoms with Gasteiger partial charge in [0.25, 0.3) is 5.91 Å². The SMILES string of the molecule is CN(C)C(=O)N1CCN(C(=O)c2cccc(CCl)c2)CC1. The fourth-order valence-corrected chi connectivity index (χ4v) is 2.52. The number of rotatable bonds is 2. The zero-order valence-corrected chi connectivity index (χ0v) is 13.1. The van der Waals surface area contributed by atoms with Gasteiger partial charge in [-0.15, -0.1) is 11.6 Å². The third kappa shape index (κ3) is 3.67. The van der Waals surface area contributed by atoms with Crippen LogP contribution in [0.4, 0.5) is 4.79 Å². The number of alkyl halides is 1. The number of nitrogens with zero attached hydrogens (tertiary/aromatic N) is 3. The van der Waals surface area contributed by atoms with Crippen molar-refractivity contribution in [2.75, 3.05) is 40.3 Å². The van der Waals surface area contributed by atoms with Crippen LogP contribution in [0.3, 0.4) is 0 Å². The van der Waals surface area contributed by atoms with Gasteiger partial charge >= 0.3 is 6.03 Å². The van der Waals surface area contributed by atoms with Crippen molar-refractivity contribution >= 4 is 23.5 Å². The van der Waals surface area contributed by atoms with Crippen LogP contribution in [0.1, 0.15) is 15.9 Å². The highest BCUT2D eigenvalue weighted by Crippen LogP contribution is 2.13. The van der Waals surface area contributed by atoms with Crippen LogP contribution < -0.4 is 0 Å². The van der Waals surface area contributed by atoms with Gasteiger partial charge < -0.3 is 14.7 Å². The van der Waals surface area contributed by atoms with Crippen molar-refractivity contribution in [3.63, 3.8) is 0 Å². The van der Waals surface area contributed by atoms with E-state index in [9.17, 15) is 9.59 Å². The molecular weight excluding hydrogens is 290 g/mol. The zero-order valence-electron chi connectivity index (χ0n) is 12.4. The highest BCUT2D eigenvalue weighted by Gasteiger charge is 2.25. The Bertz CT molecular complexity index is 525. The summed E-state index contributed by atoms with van der Waals surface area (Å²) in [5, 5.41) is 0. The minimum absolute atomic E-state index is 0.00100. The maximum Gasteiger partial charge on any atom is 0.319 e. The van der Waals surface area contributed by atoms with Gasteiger partial charge in [0.05, 0.1) is 0 Å². The van der Waals surface area contributed by atoms with Gasteiger partial charge in [0, 0.05) is 51.7 Å². The van der Waals surface area contributed by atoms with E-state index in [1.54, 1.807) is 34.9 Å². The number of hydrogen-bond donors (Lipinski definition) is 0. The van der Waals surface area contributed by atoms with Crippen molar-refractivity contribution in [1.29, 1.82) is 0 Å². The molecule has 0 spiro atoms. The molecule has 0 unspecified atom stereocenters. The summed E-state index contributed by atoms with van der Waals surface area (Å²) >= 11 is 5.80. The van der Waals surface area contributed by atoms with E-state index < -0.39 is 0 Å². The third-order valence-electron chi connectivity index (χ3n) is 3.55. The fourth-order valence-electron chi connectivity index (χ4n) is 2.35. The number of carbonyl (C=O) groups is 2. The van der Waals surface area contributed by atoms with Crippen LogP contribution in [0.25, 0.3) is 0 Å². The minimum Gasteiger partial charge on any atom is -0.335 e. The molecule has 1 aliphatic rings. The fraction of sp³-hybridized carbons (Fsp3) is 0.467. The van der Waals surface area contributed by atoms with Gasteiger partial charge in [-0.25, -0.2) is 4.79 Å². The molecule has 1 aromatic carbocycles. The number of hydrogen-bond acceptors (Lipinski definition) is 2. The molecule has 21 heavy (non-hydrogen) atoms. The van der Waals surface area contributed by atoms with E-state index >= 15 is 0 Å². The molecule has 1 saturated heterocycles. The molecule has 114 valence electrons. The van der Waals surface area contributed by atoms with Crippen molar-refractivity contribution in [3.05, 3.63) is 35.4 Å². The van der Waals surface area contributed by atoms with E-state index in [1.165, 1.54) is 0 Å². The molecule has 1 fully saturated rings. The Morgan fingerprint density at radius 1 is 1.14 bits per heavy atom. The second kappa shape index (κ2) is 6.80. The topological polar surface area (TPSA) is 43.9 Å². The third-order valence-corrected chi connectivity index (χ3v) is 3.86. The average Bonchev–Trinajstić information content (AvgIpc) is 2.53. The van der Waals surface area contributed by atoms with Crippen molar-refractivity contribution < 1.29 is 9.59 Å². The van der Waals surface area contributed by atoms with Crippen molar-refractivity contribution in [2.24, 2.45) is 0 Å². The maximum atomic E-state index is 12.4. The Morgan fingerprint density at radius 3 is 2.33 bits per heavy atom. The van der Waals surface area contributed by atoms with E-state index in [0.29, 0.717) is 37.6 Å². The molecule has 0 bridgehead atoms. The number of piperazine rings is 1. The van der Waals surface area contributed by atoms with E-state index in [2.05, 4.69) is 0 Å². The van der Waals surface area contributed by atoms with Gasteiger partial charge in [0.2, 0.25) is 0 Å². The van der Waals surface area contributed by atoms with Crippen molar-refractivity contribution in [2.45, 2.75) is 5.88 Å². The Morgan fingerprint density at radius 2 is 1.76 bits per heavy atom. The number of amides is 3. The monoisotopic (exact) mass is 309 g/mol. The lowest BCUT2D eigenvalue weighted by Crippen LogP contribution is -2.52. The predicted octanol–water partition coefficient (Wildman–Crippen LogP) is 1.86. The van der Waals surface area contributed by atoms with E-state index in [-0.39, 0.29) is 11.9 Å². The molecule has 6 heteroatoms. The summed E-state index contributed by atoms with van der Waals surface area (Å²) in [5.74, 6) is 0.394. The summed E-state index contributed by atoms with van der Waals surface area (Å²) in [4.78, 5) is 29.4. The predicted molar refractivity (Wildman–Crippen MR) is 82.6 cm³/mol. The first kappa shape index (κ1) is 15.6. The molecule has 2 rings (SSSR count). The first-order chi connectivity index (χ1) is 10.0. The molecule has 0 radical (unpaired) electrons. The van der Waals surface area contributed by atoms with Crippen LogP contribution in [0.5, 0.6) is 0 Å². The van der Waals surface area contributed by atoms with Crippen LogP contribution in [0.2, 0.25) is 0 Å². The Labute approximate surface area is 130 Å². The van der Waals surface area contributed by atoms with Crippen LogP contribution >= 0.6 is 11.6 Å². The molecule has 1 aliphatic heterocycles. The number of benzene rings is 1. The van der Waals surface area contributed by atoms with Crippen molar-refractivity contribution in [3.8, 4) is 0 Å². The summed E-state index contributed by atoms with van der Waals surface area (Å²) in [6.07, 6.45) is 0. The Balaban J connectivity index is 1.98. The number of urea groups is 1. The average molecular weight is 310 g/mol. The highest BCUT2D eigenvalue weighted by molar-refractivity contribution is 6.17. The smallest absolute Gasteiger partial charge is 0.319 e. The standard InChI is InChI=1S/C15H20ClN3O2/c1-17(2)15(21)19-8-6-18(7-9-19)14(20)13-5-3-4-12(10-13)11-16/h3-5,10H,6-9,11H2,1-2H3. The van der Waals surface area contributed by atoms with E-state index in [0.717, 1.165) is 5.56 Å². The lowest BCUT2D eigenvalue weighted by Gasteiger charge is -2.36. The quantitative estimate of drug-likeness (QED) is 0.783. The largest absolute Gasteiger partial charge is 0.335 e. The molecule has 0 saturated carbocycles. The molecule has 0 N–H and O–H groups in total. The zero-order chi connectivity index (χ0) is 15.4. The lowest BCUT2D eigenvalue weighted by atomic mass is 10.1. The highest BCUT2D eigenvalue weighted by atomic mass is 35.5. The van der Waals surface area contributed by atoms with Gasteiger partial charge in [0.15, 0.2) is 0 Å². The molecular formula is C15H20ClN3O2. The molecule has 0 aromatic heterocycles. The minimum atomic E-state index is -0.00811. The van der Waals surface area contributed by atoms with E-state index in [1.807, 2.05) is 18.2 Å². The lowest BCUT2D eigenvalue weighted by molar-refractivity contribution is 0.0650. The molecule has 0 aliphatic carbocycles. The second-order valence-corrected chi connectivity index (χ2v) is 5.56. The molecule has 5 nitrogen and oxygen atoms in total. The van der Waals surface area contributed by atoms with Crippen LogP contribution in [0.15, 0.2) is 24.3 Å². The summed E-state index contributed by atoms with van der Waals surface area (Å²) in [5.41, 5.74) is 1.59. The van der Waals surface area contributed by atoms with Crippen LogP contribution in [-0.2, 0) is 5.88 Å². The summed E-state index contributed by atoms with van der Waals surface area (Å²) < 4.78 is 0. The molecule has 1 aromatic rings. The summed E-state index contributed by atoms with van der Waals surface area (Å²) in [7, 11) is 3.47. The maximum absolute atomic E-state index is 12.4. The van der Waals surface area contributed by atoms with Crippen molar-refractivity contribution in [1.82, 2.24) is 14.7 Å². The summed E-state index contributed by atoms with van der Waals surface area (Å²) in [6, 6.07) is 7.36.